The van der Waals surface area contributed by atoms with Crippen LogP contribution in [0.1, 0.15) is 32.7 Å². The molecule has 0 unspecified atom stereocenters. The molecule has 37 heavy (non-hydrogen) atoms. The molecule has 3 aromatic carbocycles. The Labute approximate surface area is 213 Å². The van der Waals surface area contributed by atoms with Crippen LogP contribution in [-0.4, -0.2) is 5.91 Å². The fourth-order valence-corrected chi connectivity index (χ4v) is 4.94. The number of thiophene rings is 1. The van der Waals surface area contributed by atoms with Crippen LogP contribution in [0.2, 0.25) is 0 Å². The fraction of sp³-hybridized carbons (Fsp3) is 0.179. The van der Waals surface area contributed by atoms with Gasteiger partial charge in [0, 0.05) is 11.3 Å². The summed E-state index contributed by atoms with van der Waals surface area (Å²) in [6.07, 6.45) is -9.54. The highest BCUT2D eigenvalue weighted by atomic mass is 32.1. The van der Waals surface area contributed by atoms with Crippen LogP contribution in [0.25, 0.3) is 0 Å². The van der Waals surface area contributed by atoms with Crippen LogP contribution in [0, 0.1) is 0 Å². The third kappa shape index (κ3) is 6.22. The minimum atomic E-state index is -4.69. The fourth-order valence-electron chi connectivity index (χ4n) is 4.24. The molecule has 2 nitrogen and oxygen atoms in total. The highest BCUT2D eigenvalue weighted by Crippen LogP contribution is 2.39. The second-order valence-corrected chi connectivity index (χ2v) is 9.56. The number of amides is 1. The number of carbonyl (C=O) groups excluding carboxylic acids is 1. The van der Waals surface area contributed by atoms with Crippen molar-refractivity contribution in [3.8, 4) is 0 Å². The lowest BCUT2D eigenvalue weighted by atomic mass is 9.76. The molecule has 0 atom stereocenters. The Balaban J connectivity index is 1.94. The number of hydrogen-bond donors (Lipinski definition) is 1. The van der Waals surface area contributed by atoms with Gasteiger partial charge in [0.2, 0.25) is 5.91 Å². The predicted octanol–water partition coefficient (Wildman–Crippen LogP) is 7.63. The average Bonchev–Trinajstić information content (AvgIpc) is 3.36. The van der Waals surface area contributed by atoms with E-state index in [1.807, 2.05) is 0 Å². The lowest BCUT2D eigenvalue weighted by molar-refractivity contribution is -0.138. The van der Waals surface area contributed by atoms with Crippen LogP contribution < -0.4 is 5.32 Å². The van der Waals surface area contributed by atoms with Gasteiger partial charge in [0.1, 0.15) is 0 Å². The number of alkyl halides is 6. The summed E-state index contributed by atoms with van der Waals surface area (Å²) < 4.78 is 82.1. The summed E-state index contributed by atoms with van der Waals surface area (Å²) in [6.45, 7) is 0. The van der Waals surface area contributed by atoms with Gasteiger partial charge >= 0.3 is 12.4 Å². The second-order valence-electron chi connectivity index (χ2n) is 8.53. The van der Waals surface area contributed by atoms with Gasteiger partial charge in [-0.05, 0) is 52.4 Å². The predicted molar refractivity (Wildman–Crippen MR) is 130 cm³/mol. The van der Waals surface area contributed by atoms with Gasteiger partial charge in [0.05, 0.1) is 23.1 Å². The summed E-state index contributed by atoms with van der Waals surface area (Å²) in [5, 5.41) is 4.62. The Kier molecular flexibility index (Phi) is 7.45. The zero-order chi connectivity index (χ0) is 26.7. The van der Waals surface area contributed by atoms with Gasteiger partial charge < -0.3 is 5.32 Å². The van der Waals surface area contributed by atoms with Crippen LogP contribution in [0.3, 0.4) is 0 Å². The van der Waals surface area contributed by atoms with Crippen molar-refractivity contribution < 1.29 is 31.1 Å². The first kappa shape index (κ1) is 26.5. The Hall–Kier alpha value is -3.59. The number of carbonyl (C=O) groups is 1. The van der Waals surface area contributed by atoms with Crippen molar-refractivity contribution in [2.24, 2.45) is 0 Å². The van der Waals surface area contributed by atoms with Crippen molar-refractivity contribution >= 4 is 17.2 Å². The molecule has 0 aliphatic carbocycles. The maximum absolute atomic E-state index is 13.7. The monoisotopic (exact) mass is 533 g/mol. The average molecular weight is 534 g/mol. The van der Waals surface area contributed by atoms with Gasteiger partial charge in [-0.1, -0.05) is 60.7 Å². The van der Waals surface area contributed by atoms with E-state index >= 15 is 0 Å². The van der Waals surface area contributed by atoms with Crippen molar-refractivity contribution in [3.05, 3.63) is 129 Å². The lowest BCUT2D eigenvalue weighted by Crippen LogP contribution is -2.49. The largest absolute Gasteiger partial charge is 0.416 e. The standard InChI is InChI=1S/C28H21F6NOS/c29-27(30,31)22-11-4-9-20(15-22)26(18-19-7-2-1-3-8-19,35-25(36)17-24-13-6-14-37-24)21-10-5-12-23(16-21)28(32,33)34/h1-16H,17-18H2,(H,35,36). The second kappa shape index (κ2) is 10.4. The Morgan fingerprint density at radius 3 is 1.70 bits per heavy atom. The number of hydrogen-bond acceptors (Lipinski definition) is 2. The normalized spacial score (nSPS) is 12.4. The van der Waals surface area contributed by atoms with Gasteiger partial charge in [-0.2, -0.15) is 26.3 Å². The van der Waals surface area contributed by atoms with E-state index in [4.69, 9.17) is 0 Å². The quantitative estimate of drug-likeness (QED) is 0.243. The van der Waals surface area contributed by atoms with Crippen LogP contribution in [-0.2, 0) is 35.5 Å². The highest BCUT2D eigenvalue weighted by molar-refractivity contribution is 7.10. The van der Waals surface area contributed by atoms with Gasteiger partial charge in [0.15, 0.2) is 0 Å². The summed E-state index contributed by atoms with van der Waals surface area (Å²) in [5.41, 5.74) is -3.01. The lowest BCUT2D eigenvalue weighted by Gasteiger charge is -2.37. The summed E-state index contributed by atoms with van der Waals surface area (Å²) in [4.78, 5) is 14.0. The molecule has 4 aromatic rings. The smallest absolute Gasteiger partial charge is 0.342 e. The van der Waals surface area contributed by atoms with Crippen LogP contribution in [0.15, 0.2) is 96.4 Å². The molecule has 0 radical (unpaired) electrons. The summed E-state index contributed by atoms with van der Waals surface area (Å²) >= 11 is 1.33. The van der Waals surface area contributed by atoms with E-state index < -0.39 is 34.9 Å². The van der Waals surface area contributed by atoms with E-state index in [2.05, 4.69) is 5.32 Å². The third-order valence-electron chi connectivity index (χ3n) is 5.95. The van der Waals surface area contributed by atoms with E-state index in [0.717, 1.165) is 24.3 Å². The number of halogens is 6. The first-order valence-corrected chi connectivity index (χ1v) is 12.1. The van der Waals surface area contributed by atoms with Crippen molar-refractivity contribution in [1.82, 2.24) is 5.32 Å². The maximum atomic E-state index is 13.7. The van der Waals surface area contributed by atoms with Crippen molar-refractivity contribution in [1.29, 1.82) is 0 Å². The molecule has 1 amide bonds. The maximum Gasteiger partial charge on any atom is 0.416 e. The van der Waals surface area contributed by atoms with Crippen molar-refractivity contribution in [2.75, 3.05) is 0 Å². The van der Waals surface area contributed by atoms with Gasteiger partial charge in [-0.25, -0.2) is 0 Å². The molecule has 0 aliphatic heterocycles. The molecular formula is C28H21F6NOS. The zero-order valence-corrected chi connectivity index (χ0v) is 20.1. The molecule has 9 heteroatoms. The molecule has 0 saturated heterocycles. The molecule has 1 heterocycles. The number of rotatable bonds is 7. The molecule has 1 N–H and O–H groups in total. The van der Waals surface area contributed by atoms with Gasteiger partial charge in [-0.3, -0.25) is 4.79 Å². The summed E-state index contributed by atoms with van der Waals surface area (Å²) in [5.74, 6) is -0.534. The van der Waals surface area contributed by atoms with Gasteiger partial charge in [-0.15, -0.1) is 11.3 Å². The Morgan fingerprint density at radius 1 is 0.676 bits per heavy atom. The molecule has 0 fully saturated rings. The number of benzene rings is 3. The molecule has 0 spiro atoms. The third-order valence-corrected chi connectivity index (χ3v) is 6.82. The molecular weight excluding hydrogens is 512 g/mol. The van der Waals surface area contributed by atoms with E-state index in [0.29, 0.717) is 10.4 Å². The van der Waals surface area contributed by atoms with Crippen molar-refractivity contribution in [2.45, 2.75) is 30.7 Å². The van der Waals surface area contributed by atoms with E-state index in [9.17, 15) is 31.1 Å². The van der Waals surface area contributed by atoms with E-state index in [1.54, 1.807) is 47.8 Å². The zero-order valence-electron chi connectivity index (χ0n) is 19.2. The summed E-state index contributed by atoms with van der Waals surface area (Å²) in [7, 11) is 0. The molecule has 4 rings (SSSR count). The molecule has 0 aliphatic rings. The van der Waals surface area contributed by atoms with Crippen LogP contribution in [0.5, 0.6) is 0 Å². The first-order valence-electron chi connectivity index (χ1n) is 11.2. The molecule has 1 aromatic heterocycles. The SMILES string of the molecule is O=C(Cc1cccs1)NC(Cc1ccccc1)(c1cccc(C(F)(F)F)c1)c1cccc(C(F)(F)F)c1. The highest BCUT2D eigenvalue weighted by Gasteiger charge is 2.40. The molecule has 192 valence electrons. The van der Waals surface area contributed by atoms with Crippen LogP contribution >= 0.6 is 11.3 Å². The Morgan fingerprint density at radius 2 is 1.22 bits per heavy atom. The van der Waals surface area contributed by atoms with Crippen LogP contribution in [0.4, 0.5) is 26.3 Å². The minimum absolute atomic E-state index is 0.0185. The van der Waals surface area contributed by atoms with E-state index in [1.165, 1.54) is 35.6 Å². The van der Waals surface area contributed by atoms with Gasteiger partial charge in [0.25, 0.3) is 0 Å². The molecule has 0 bridgehead atoms. The first-order chi connectivity index (χ1) is 17.5. The topological polar surface area (TPSA) is 29.1 Å². The van der Waals surface area contributed by atoms with Crippen molar-refractivity contribution in [3.63, 3.8) is 0 Å². The molecule has 0 saturated carbocycles. The summed E-state index contributed by atoms with van der Waals surface area (Å²) in [6, 6.07) is 20.8. The van der Waals surface area contributed by atoms with E-state index in [-0.39, 0.29) is 24.0 Å². The number of nitrogens with one attached hydrogen (secondary N) is 1. The minimum Gasteiger partial charge on any atom is -0.342 e. The Bertz CT molecular complexity index is 1290.